The summed E-state index contributed by atoms with van der Waals surface area (Å²) in [6.07, 6.45) is 2.75. The Kier molecular flexibility index (Phi) is 2.97. The van der Waals surface area contributed by atoms with E-state index in [-0.39, 0.29) is 0 Å². The predicted molar refractivity (Wildman–Crippen MR) is 74.8 cm³/mol. The van der Waals surface area contributed by atoms with Crippen LogP contribution in [-0.2, 0) is 0 Å². The second-order valence-electron chi connectivity index (χ2n) is 4.56. The molecule has 1 atom stereocenters. The van der Waals surface area contributed by atoms with E-state index in [4.69, 9.17) is 0 Å². The van der Waals surface area contributed by atoms with Gasteiger partial charge in [-0.2, -0.15) is 0 Å². The first kappa shape index (κ1) is 11.8. The third kappa shape index (κ3) is 2.20. The van der Waals surface area contributed by atoms with Gasteiger partial charge in [-0.25, -0.2) is 0 Å². The molecule has 0 aliphatic carbocycles. The Bertz CT molecular complexity index is 702. The summed E-state index contributed by atoms with van der Waals surface area (Å²) >= 11 is 0. The van der Waals surface area contributed by atoms with Gasteiger partial charge < -0.3 is 5.11 Å². The topological polar surface area (TPSA) is 46.0 Å². The molecule has 0 spiro atoms. The van der Waals surface area contributed by atoms with Gasteiger partial charge in [-0.3, -0.25) is 9.97 Å². The Morgan fingerprint density at radius 3 is 2.63 bits per heavy atom. The number of hydrogen-bond donors (Lipinski definition) is 1. The highest BCUT2D eigenvalue weighted by atomic mass is 16.3. The third-order valence-corrected chi connectivity index (χ3v) is 3.21. The van der Waals surface area contributed by atoms with Crippen LogP contribution in [-0.4, -0.2) is 15.1 Å². The van der Waals surface area contributed by atoms with Crippen LogP contribution in [0.15, 0.2) is 54.9 Å². The zero-order valence-electron chi connectivity index (χ0n) is 10.6. The summed E-state index contributed by atoms with van der Waals surface area (Å²) in [6, 6.07) is 13.5. The van der Waals surface area contributed by atoms with Crippen molar-refractivity contribution in [1.82, 2.24) is 9.97 Å². The van der Waals surface area contributed by atoms with Gasteiger partial charge in [0.2, 0.25) is 0 Å². The van der Waals surface area contributed by atoms with E-state index >= 15 is 0 Å². The fourth-order valence-electron chi connectivity index (χ4n) is 2.17. The quantitative estimate of drug-likeness (QED) is 0.760. The minimum atomic E-state index is -0.702. The van der Waals surface area contributed by atoms with Gasteiger partial charge in [-0.15, -0.1) is 0 Å². The number of fused-ring (bicyclic) bond motifs is 1. The Morgan fingerprint density at radius 2 is 1.84 bits per heavy atom. The number of nitrogens with zero attached hydrogens (tertiary/aromatic N) is 2. The summed E-state index contributed by atoms with van der Waals surface area (Å²) in [5.74, 6) is 0. The number of rotatable bonds is 2. The maximum atomic E-state index is 10.5. The molecule has 0 saturated carbocycles. The summed E-state index contributed by atoms with van der Waals surface area (Å²) in [5, 5.41) is 11.5. The molecule has 0 amide bonds. The van der Waals surface area contributed by atoms with Gasteiger partial charge in [0.1, 0.15) is 6.10 Å². The average Bonchev–Trinajstić information content (AvgIpc) is 2.47. The van der Waals surface area contributed by atoms with Gasteiger partial charge in [0.25, 0.3) is 0 Å². The molecule has 1 N–H and O–H groups in total. The van der Waals surface area contributed by atoms with Gasteiger partial charge >= 0.3 is 0 Å². The molecule has 19 heavy (non-hydrogen) atoms. The summed E-state index contributed by atoms with van der Waals surface area (Å²) in [5.41, 5.74) is 3.36. The molecule has 3 nitrogen and oxygen atoms in total. The summed E-state index contributed by atoms with van der Waals surface area (Å²) < 4.78 is 0. The smallest absolute Gasteiger partial charge is 0.108 e. The molecule has 94 valence electrons. The lowest BCUT2D eigenvalue weighted by atomic mass is 10.00. The largest absolute Gasteiger partial charge is 0.384 e. The van der Waals surface area contributed by atoms with E-state index in [0.29, 0.717) is 0 Å². The zero-order chi connectivity index (χ0) is 13.2. The Labute approximate surface area is 111 Å². The first-order valence-electron chi connectivity index (χ1n) is 6.20. The van der Waals surface area contributed by atoms with Crippen molar-refractivity contribution in [2.24, 2.45) is 0 Å². The van der Waals surface area contributed by atoms with Crippen molar-refractivity contribution in [2.75, 3.05) is 0 Å². The number of pyridine rings is 2. The Balaban J connectivity index is 2.11. The van der Waals surface area contributed by atoms with Gasteiger partial charge in [0, 0.05) is 34.6 Å². The Morgan fingerprint density at radius 1 is 1.00 bits per heavy atom. The van der Waals surface area contributed by atoms with E-state index in [1.165, 1.54) is 0 Å². The number of benzene rings is 1. The lowest BCUT2D eigenvalue weighted by molar-refractivity contribution is 0.221. The fourth-order valence-corrected chi connectivity index (χ4v) is 2.17. The molecular formula is C16H14N2O. The van der Waals surface area contributed by atoms with Crippen LogP contribution in [0, 0.1) is 6.92 Å². The normalized spacial score (nSPS) is 12.5. The van der Waals surface area contributed by atoms with E-state index < -0.39 is 6.10 Å². The second kappa shape index (κ2) is 4.78. The van der Waals surface area contributed by atoms with Gasteiger partial charge in [-0.05, 0) is 19.1 Å². The van der Waals surface area contributed by atoms with Crippen LogP contribution >= 0.6 is 0 Å². The molecule has 0 saturated heterocycles. The molecule has 3 aromatic rings. The van der Waals surface area contributed by atoms with Crippen molar-refractivity contribution >= 4 is 10.9 Å². The van der Waals surface area contributed by atoms with Crippen molar-refractivity contribution in [1.29, 1.82) is 0 Å². The van der Waals surface area contributed by atoms with Gasteiger partial charge in [0.15, 0.2) is 0 Å². The lowest BCUT2D eigenvalue weighted by Crippen LogP contribution is -2.02. The van der Waals surface area contributed by atoms with Gasteiger partial charge in [-0.1, -0.05) is 30.3 Å². The first-order chi connectivity index (χ1) is 9.25. The number of aliphatic hydroxyl groups excluding tert-OH is 1. The monoisotopic (exact) mass is 250 g/mol. The number of aryl methyl sites for hydroxylation is 1. The van der Waals surface area contributed by atoms with Crippen molar-refractivity contribution in [3.05, 3.63) is 71.7 Å². The number of aromatic nitrogens is 2. The van der Waals surface area contributed by atoms with E-state index in [1.54, 1.807) is 12.4 Å². The summed E-state index contributed by atoms with van der Waals surface area (Å²) in [4.78, 5) is 8.59. The van der Waals surface area contributed by atoms with Gasteiger partial charge in [0.05, 0.1) is 5.52 Å². The highest BCUT2D eigenvalue weighted by molar-refractivity contribution is 5.82. The minimum absolute atomic E-state index is 0.702. The van der Waals surface area contributed by atoms with Crippen LogP contribution in [0.5, 0.6) is 0 Å². The van der Waals surface area contributed by atoms with E-state index in [0.717, 1.165) is 27.7 Å². The summed E-state index contributed by atoms with van der Waals surface area (Å²) in [7, 11) is 0. The predicted octanol–water partition coefficient (Wildman–Crippen LogP) is 3.02. The second-order valence-corrected chi connectivity index (χ2v) is 4.56. The van der Waals surface area contributed by atoms with Crippen LogP contribution in [0.4, 0.5) is 0 Å². The Hall–Kier alpha value is -2.26. The van der Waals surface area contributed by atoms with Crippen LogP contribution in [0.3, 0.4) is 0 Å². The molecule has 3 rings (SSSR count). The summed E-state index contributed by atoms with van der Waals surface area (Å²) in [6.45, 7) is 1.93. The standard InChI is InChI=1S/C16H14N2O/c1-11-7-8-13(10-18-11)16(19)14-6-2-4-12-5-3-9-17-15(12)14/h2-10,16,19H,1H3. The maximum absolute atomic E-state index is 10.5. The number of para-hydroxylation sites is 1. The molecule has 0 bridgehead atoms. The fraction of sp³-hybridized carbons (Fsp3) is 0.125. The van der Waals surface area contributed by atoms with Crippen molar-refractivity contribution in [3.63, 3.8) is 0 Å². The van der Waals surface area contributed by atoms with Crippen LogP contribution in [0.25, 0.3) is 10.9 Å². The zero-order valence-corrected chi connectivity index (χ0v) is 10.6. The van der Waals surface area contributed by atoms with Crippen LogP contribution in [0.1, 0.15) is 22.9 Å². The molecule has 0 radical (unpaired) electrons. The number of hydrogen-bond acceptors (Lipinski definition) is 3. The molecule has 0 aliphatic rings. The third-order valence-electron chi connectivity index (χ3n) is 3.21. The molecule has 2 aromatic heterocycles. The van der Waals surface area contributed by atoms with E-state index in [9.17, 15) is 5.11 Å². The molecular weight excluding hydrogens is 236 g/mol. The lowest BCUT2D eigenvalue weighted by Gasteiger charge is -2.13. The first-order valence-corrected chi connectivity index (χ1v) is 6.20. The molecule has 3 heteroatoms. The minimum Gasteiger partial charge on any atom is -0.384 e. The van der Waals surface area contributed by atoms with Crippen molar-refractivity contribution in [3.8, 4) is 0 Å². The SMILES string of the molecule is Cc1ccc(C(O)c2cccc3cccnc23)cn1. The molecule has 0 aliphatic heterocycles. The van der Waals surface area contributed by atoms with Crippen molar-refractivity contribution < 1.29 is 5.11 Å². The molecule has 2 heterocycles. The highest BCUT2D eigenvalue weighted by Crippen LogP contribution is 2.27. The van der Waals surface area contributed by atoms with E-state index in [1.807, 2.05) is 49.4 Å². The van der Waals surface area contributed by atoms with Crippen LogP contribution in [0.2, 0.25) is 0 Å². The van der Waals surface area contributed by atoms with Crippen molar-refractivity contribution in [2.45, 2.75) is 13.0 Å². The highest BCUT2D eigenvalue weighted by Gasteiger charge is 2.14. The number of aliphatic hydroxyl groups is 1. The van der Waals surface area contributed by atoms with Crippen LogP contribution < -0.4 is 0 Å². The van der Waals surface area contributed by atoms with E-state index in [2.05, 4.69) is 9.97 Å². The molecule has 1 aromatic carbocycles. The average molecular weight is 250 g/mol. The molecule has 1 unspecified atom stereocenters. The molecule has 0 fully saturated rings. The maximum Gasteiger partial charge on any atom is 0.108 e.